The lowest BCUT2D eigenvalue weighted by atomic mass is 10.00. The lowest BCUT2D eigenvalue weighted by Gasteiger charge is -2.15. The second-order valence-electron chi connectivity index (χ2n) is 3.73. The molecule has 0 unspecified atom stereocenters. The van der Waals surface area contributed by atoms with Crippen LogP contribution in [0.2, 0.25) is 0 Å². The predicted molar refractivity (Wildman–Crippen MR) is 77.1 cm³/mol. The number of nitrogens with zero attached hydrogens (tertiary/aromatic N) is 1. The van der Waals surface area contributed by atoms with E-state index in [1.54, 1.807) is 13.8 Å². The van der Waals surface area contributed by atoms with Crippen molar-refractivity contribution in [3.05, 3.63) is 22.4 Å². The summed E-state index contributed by atoms with van der Waals surface area (Å²) >= 11 is 0. The second-order valence-corrected chi connectivity index (χ2v) is 3.73. The van der Waals surface area contributed by atoms with Crippen molar-refractivity contribution in [2.24, 2.45) is 0 Å². The molecule has 0 aliphatic rings. The number of nitrogens with one attached hydrogen (secondary N) is 2. The summed E-state index contributed by atoms with van der Waals surface area (Å²) in [5, 5.41) is 10.9. The number of rotatable bonds is 4. The van der Waals surface area contributed by atoms with Gasteiger partial charge in [0.15, 0.2) is 6.29 Å². The molecule has 0 spiro atoms. The van der Waals surface area contributed by atoms with E-state index < -0.39 is 0 Å². The molecule has 0 amide bonds. The van der Waals surface area contributed by atoms with E-state index in [-0.39, 0.29) is 0 Å². The average molecular weight is 249 g/mol. The van der Waals surface area contributed by atoms with E-state index in [9.17, 15) is 4.79 Å². The van der Waals surface area contributed by atoms with E-state index in [1.165, 1.54) is 0 Å². The molecular weight excluding hydrogens is 226 g/mol. The number of aromatic nitrogens is 1. The zero-order valence-electron chi connectivity index (χ0n) is 12.1. The number of carbonyl (C=O) groups is 1. The molecule has 0 aromatic carbocycles. The number of aldehydes is 1. The number of aryl methyl sites for hydroxylation is 1. The Balaban J connectivity index is 0.00000137. The van der Waals surface area contributed by atoms with Crippen LogP contribution in [0.25, 0.3) is 0 Å². The number of hydrogen-bond acceptors (Lipinski definition) is 4. The van der Waals surface area contributed by atoms with Crippen molar-refractivity contribution in [2.45, 2.75) is 41.5 Å². The normalized spacial score (nSPS) is 9.22. The van der Waals surface area contributed by atoms with Crippen LogP contribution in [0.3, 0.4) is 0 Å². The van der Waals surface area contributed by atoms with Crippen LogP contribution < -0.4 is 5.32 Å². The summed E-state index contributed by atoms with van der Waals surface area (Å²) in [5.74, 6) is 0.690. The van der Waals surface area contributed by atoms with Gasteiger partial charge in [-0.25, -0.2) is 4.98 Å². The Morgan fingerprint density at radius 2 is 1.94 bits per heavy atom. The van der Waals surface area contributed by atoms with Crippen LogP contribution in [0.1, 0.15) is 54.9 Å². The average Bonchev–Trinajstić information content (AvgIpc) is 2.31. The summed E-state index contributed by atoms with van der Waals surface area (Å²) in [6.07, 6.45) is 0.805. The van der Waals surface area contributed by atoms with Crippen LogP contribution in [0.4, 0.5) is 5.82 Å². The minimum atomic E-state index is 0.420. The molecule has 0 saturated carbocycles. The molecule has 1 aromatic heterocycles. The van der Waals surface area contributed by atoms with Crippen molar-refractivity contribution < 1.29 is 4.79 Å². The third-order valence-electron chi connectivity index (χ3n) is 2.52. The van der Waals surface area contributed by atoms with Crippen LogP contribution in [-0.2, 0) is 0 Å². The largest absolute Gasteiger partial charge is 0.370 e. The molecule has 0 aliphatic carbocycles. The van der Waals surface area contributed by atoms with Crippen molar-refractivity contribution in [3.63, 3.8) is 0 Å². The van der Waals surface area contributed by atoms with Crippen LogP contribution in [-0.4, -0.2) is 23.5 Å². The molecule has 0 fully saturated rings. The highest BCUT2D eigenvalue weighted by molar-refractivity contribution is 6.03. The molecule has 4 heteroatoms. The number of anilines is 1. The van der Waals surface area contributed by atoms with Crippen LogP contribution >= 0.6 is 0 Å². The van der Waals surface area contributed by atoms with Gasteiger partial charge in [-0.15, -0.1) is 0 Å². The molecule has 4 nitrogen and oxygen atoms in total. The second kappa shape index (κ2) is 7.58. The summed E-state index contributed by atoms with van der Waals surface area (Å²) < 4.78 is 0. The third kappa shape index (κ3) is 3.39. The van der Waals surface area contributed by atoms with E-state index in [2.05, 4.69) is 10.3 Å². The maximum atomic E-state index is 11.0. The van der Waals surface area contributed by atoms with Crippen molar-refractivity contribution >= 4 is 17.8 Å². The molecule has 1 rings (SSSR count). The van der Waals surface area contributed by atoms with E-state index in [0.717, 1.165) is 24.0 Å². The highest BCUT2D eigenvalue weighted by Crippen LogP contribution is 2.22. The Morgan fingerprint density at radius 1 is 1.39 bits per heavy atom. The minimum absolute atomic E-state index is 0.420. The minimum Gasteiger partial charge on any atom is -0.370 e. The van der Waals surface area contributed by atoms with Crippen LogP contribution in [0, 0.1) is 19.3 Å². The van der Waals surface area contributed by atoms with Gasteiger partial charge in [0.1, 0.15) is 5.82 Å². The van der Waals surface area contributed by atoms with Crippen molar-refractivity contribution in [3.8, 4) is 0 Å². The van der Waals surface area contributed by atoms with Gasteiger partial charge in [-0.2, -0.15) is 0 Å². The van der Waals surface area contributed by atoms with E-state index >= 15 is 0 Å². The summed E-state index contributed by atoms with van der Waals surface area (Å²) in [7, 11) is 0. The predicted octanol–water partition coefficient (Wildman–Crippen LogP) is 3.36. The topological polar surface area (TPSA) is 65.8 Å². The Kier molecular flexibility index (Phi) is 6.86. The standard InChI is InChI=1S/C12H17N3O.C2H6/c1-5-14-12-11(8(3)13)7(2)10(6-16)9(4)15-12;1-2/h6,13H,5H2,1-4H3,(H,14,15);1-2H3. The fourth-order valence-corrected chi connectivity index (χ4v) is 1.80. The lowest BCUT2D eigenvalue weighted by molar-refractivity contribution is 0.112. The first-order valence-electron chi connectivity index (χ1n) is 6.28. The van der Waals surface area contributed by atoms with Crippen molar-refractivity contribution in [1.29, 1.82) is 5.41 Å². The van der Waals surface area contributed by atoms with Gasteiger partial charge in [0.25, 0.3) is 0 Å². The Morgan fingerprint density at radius 3 is 2.33 bits per heavy atom. The maximum absolute atomic E-state index is 11.0. The van der Waals surface area contributed by atoms with Crippen LogP contribution in [0.15, 0.2) is 0 Å². The highest BCUT2D eigenvalue weighted by Gasteiger charge is 2.15. The summed E-state index contributed by atoms with van der Waals surface area (Å²) in [6, 6.07) is 0. The molecule has 1 aromatic rings. The highest BCUT2D eigenvalue weighted by atomic mass is 16.1. The first kappa shape index (κ1) is 16.3. The number of carbonyl (C=O) groups excluding carboxylic acids is 1. The third-order valence-corrected chi connectivity index (χ3v) is 2.52. The van der Waals surface area contributed by atoms with Gasteiger partial charge in [-0.1, -0.05) is 13.8 Å². The Hall–Kier alpha value is -1.71. The Labute approximate surface area is 109 Å². The molecule has 18 heavy (non-hydrogen) atoms. The SMILES string of the molecule is CC.CCNc1nc(C)c(C=O)c(C)c1C(C)=N. The van der Waals surface area contributed by atoms with E-state index in [0.29, 0.717) is 22.8 Å². The quantitative estimate of drug-likeness (QED) is 0.635. The molecule has 0 radical (unpaired) electrons. The first-order valence-corrected chi connectivity index (χ1v) is 6.28. The molecule has 0 atom stereocenters. The fraction of sp³-hybridized carbons (Fsp3) is 0.500. The van der Waals surface area contributed by atoms with Gasteiger partial charge >= 0.3 is 0 Å². The molecule has 2 N–H and O–H groups in total. The zero-order valence-corrected chi connectivity index (χ0v) is 12.1. The van der Waals surface area contributed by atoms with Gasteiger partial charge in [0.05, 0.1) is 5.69 Å². The molecule has 0 saturated heterocycles. The summed E-state index contributed by atoms with van der Waals surface area (Å²) in [4.78, 5) is 15.3. The summed E-state index contributed by atoms with van der Waals surface area (Å²) in [6.45, 7) is 12.1. The number of pyridine rings is 1. The lowest BCUT2D eigenvalue weighted by Crippen LogP contribution is -2.12. The molecule has 100 valence electrons. The van der Waals surface area contributed by atoms with Gasteiger partial charge < -0.3 is 10.7 Å². The van der Waals surface area contributed by atoms with E-state index in [4.69, 9.17) is 5.41 Å². The maximum Gasteiger partial charge on any atom is 0.152 e. The molecule has 1 heterocycles. The van der Waals surface area contributed by atoms with Crippen molar-refractivity contribution in [2.75, 3.05) is 11.9 Å². The first-order chi connectivity index (χ1) is 8.52. The van der Waals surface area contributed by atoms with Gasteiger partial charge in [0.2, 0.25) is 0 Å². The molecule has 0 aliphatic heterocycles. The van der Waals surface area contributed by atoms with Crippen LogP contribution in [0.5, 0.6) is 0 Å². The monoisotopic (exact) mass is 249 g/mol. The Bertz CT molecular complexity index is 439. The van der Waals surface area contributed by atoms with Gasteiger partial charge in [0, 0.05) is 23.4 Å². The molecule has 0 bridgehead atoms. The number of hydrogen-bond donors (Lipinski definition) is 2. The van der Waals surface area contributed by atoms with Gasteiger partial charge in [-0.05, 0) is 33.3 Å². The summed E-state index contributed by atoms with van der Waals surface area (Å²) in [5.41, 5.74) is 3.27. The zero-order chi connectivity index (χ0) is 14.3. The fourth-order valence-electron chi connectivity index (χ4n) is 1.80. The smallest absolute Gasteiger partial charge is 0.152 e. The van der Waals surface area contributed by atoms with Crippen molar-refractivity contribution in [1.82, 2.24) is 4.98 Å². The van der Waals surface area contributed by atoms with E-state index in [1.807, 2.05) is 27.7 Å². The van der Waals surface area contributed by atoms with Gasteiger partial charge in [-0.3, -0.25) is 4.79 Å². The molecular formula is C14H23N3O.